The molecule has 2 aliphatic heterocycles. The highest BCUT2D eigenvalue weighted by Gasteiger charge is 2.51. The molecule has 2 aliphatic rings. The van der Waals surface area contributed by atoms with Crippen LogP contribution in [0.5, 0.6) is 0 Å². The lowest BCUT2D eigenvalue weighted by atomic mass is 9.95. The molecule has 1 atom stereocenters. The van der Waals surface area contributed by atoms with Crippen LogP contribution in [0.15, 0.2) is 46.0 Å². The molecule has 0 aliphatic carbocycles. The zero-order valence-corrected chi connectivity index (χ0v) is 24.3. The third-order valence-corrected chi connectivity index (χ3v) is 8.28. The van der Waals surface area contributed by atoms with Crippen LogP contribution in [0, 0.1) is 0 Å². The average Bonchev–Trinajstić information content (AvgIpc) is 3.38. The van der Waals surface area contributed by atoms with Crippen molar-refractivity contribution in [2.45, 2.75) is 29.8 Å². The first kappa shape index (κ1) is 32.4. The Morgan fingerprint density at radius 3 is 1.97 bits per heavy atom. The molecule has 1 N–H and O–H groups in total. The lowest BCUT2D eigenvalue weighted by molar-refractivity contribution is -0.258. The second-order valence-corrected chi connectivity index (χ2v) is 11.7. The number of nitrogens with zero attached hydrogens (tertiary/aromatic N) is 4. The number of halogens is 3. The van der Waals surface area contributed by atoms with Crippen LogP contribution in [-0.2, 0) is 15.1 Å². The lowest BCUT2D eigenvalue weighted by Gasteiger charge is -2.35. The quantitative estimate of drug-likeness (QED) is 0.542. The van der Waals surface area contributed by atoms with Crippen molar-refractivity contribution in [2.75, 3.05) is 78.5 Å². The molecule has 0 spiro atoms. The number of aliphatic hydroxyl groups is 1. The van der Waals surface area contributed by atoms with E-state index < -0.39 is 11.8 Å². The van der Waals surface area contributed by atoms with Crippen molar-refractivity contribution in [3.63, 3.8) is 0 Å². The van der Waals surface area contributed by atoms with Gasteiger partial charge in [0.25, 0.3) is 0 Å². The van der Waals surface area contributed by atoms with Gasteiger partial charge in [0.15, 0.2) is 5.60 Å². The third-order valence-electron chi connectivity index (χ3n) is 6.16. The number of benzene rings is 1. The normalized spacial score (nSPS) is 18.4. The molecule has 0 saturated carbocycles. The maximum absolute atomic E-state index is 12.9. The maximum Gasteiger partial charge on any atom is 0.421 e. The van der Waals surface area contributed by atoms with Gasteiger partial charge >= 0.3 is 6.18 Å². The molecule has 2 fully saturated rings. The van der Waals surface area contributed by atoms with Crippen molar-refractivity contribution >= 4 is 34.9 Å². The van der Waals surface area contributed by atoms with Gasteiger partial charge < -0.3 is 24.5 Å². The monoisotopic (exact) mass is 576 g/mol. The first-order chi connectivity index (χ1) is 17.8. The molecule has 2 aromatic rings. The predicted molar refractivity (Wildman–Crippen MR) is 149 cm³/mol. The van der Waals surface area contributed by atoms with Crippen LogP contribution in [0.25, 0.3) is 0 Å². The zero-order valence-electron chi connectivity index (χ0n) is 22.7. The molecule has 1 aromatic heterocycles. The fourth-order valence-electron chi connectivity index (χ4n) is 3.30. The summed E-state index contributed by atoms with van der Waals surface area (Å²) < 4.78 is 47.4. The first-order valence-electron chi connectivity index (χ1n) is 12.4. The van der Waals surface area contributed by atoms with Gasteiger partial charge in [0.2, 0.25) is 5.91 Å². The summed E-state index contributed by atoms with van der Waals surface area (Å²) in [5.41, 5.74) is -2.10. The topological polar surface area (TPSA) is 59.5 Å². The highest BCUT2D eigenvalue weighted by atomic mass is 32.2. The number of anilines is 1. The molecular weight excluding hydrogens is 537 g/mol. The minimum Gasteiger partial charge on any atom is -0.379 e. The van der Waals surface area contributed by atoms with E-state index in [1.54, 1.807) is 49.5 Å². The van der Waals surface area contributed by atoms with Gasteiger partial charge in [-0.15, -0.1) is 11.3 Å². The first-order valence-corrected chi connectivity index (χ1v) is 14.0. The van der Waals surface area contributed by atoms with E-state index in [1.165, 1.54) is 28.2 Å². The number of hydrogen-bond donors (Lipinski definition) is 1. The van der Waals surface area contributed by atoms with Gasteiger partial charge in [0.1, 0.15) is 0 Å². The molecule has 0 radical (unpaired) electrons. The Morgan fingerprint density at radius 2 is 1.58 bits per heavy atom. The van der Waals surface area contributed by atoms with Crippen LogP contribution in [0.1, 0.15) is 19.4 Å². The number of carbonyl (C=O) groups excluding carboxylic acids is 1. The Morgan fingerprint density at radius 1 is 1.03 bits per heavy atom. The SMILES string of the molecule is CC(=O)N(C)C.CC(O)(c1ccc(N2CCN(Sc3cccs3)CC2)cc1)C(F)(F)F.CN1CCOCC1. The van der Waals surface area contributed by atoms with E-state index in [0.29, 0.717) is 0 Å². The van der Waals surface area contributed by atoms with Gasteiger partial charge in [-0.25, -0.2) is 4.31 Å². The van der Waals surface area contributed by atoms with E-state index >= 15 is 0 Å². The van der Waals surface area contributed by atoms with Crippen LogP contribution in [0.3, 0.4) is 0 Å². The van der Waals surface area contributed by atoms with E-state index in [-0.39, 0.29) is 11.5 Å². The van der Waals surface area contributed by atoms with Crippen molar-refractivity contribution in [1.82, 2.24) is 14.1 Å². The molecule has 2 saturated heterocycles. The van der Waals surface area contributed by atoms with Crippen molar-refractivity contribution in [1.29, 1.82) is 0 Å². The molecule has 3 heterocycles. The summed E-state index contributed by atoms with van der Waals surface area (Å²) in [5.74, 6) is 0.0926. The van der Waals surface area contributed by atoms with Crippen molar-refractivity contribution in [3.05, 3.63) is 47.3 Å². The number of ether oxygens (including phenoxy) is 1. The van der Waals surface area contributed by atoms with E-state index in [1.807, 2.05) is 6.07 Å². The maximum atomic E-state index is 12.9. The minimum atomic E-state index is -4.70. The van der Waals surface area contributed by atoms with Gasteiger partial charge in [0, 0.05) is 66.0 Å². The van der Waals surface area contributed by atoms with E-state index in [2.05, 4.69) is 32.6 Å². The Balaban J connectivity index is 0.000000320. The van der Waals surface area contributed by atoms with Crippen molar-refractivity contribution < 1.29 is 27.8 Å². The summed E-state index contributed by atoms with van der Waals surface area (Å²) in [5, 5.41) is 11.8. The Hall–Kier alpha value is -1.83. The van der Waals surface area contributed by atoms with E-state index in [0.717, 1.165) is 65.1 Å². The number of rotatable bonds is 4. The summed E-state index contributed by atoms with van der Waals surface area (Å²) in [6.07, 6.45) is -4.70. The van der Waals surface area contributed by atoms with Crippen LogP contribution >= 0.6 is 23.3 Å². The van der Waals surface area contributed by atoms with E-state index in [4.69, 9.17) is 4.74 Å². The number of amides is 1. The standard InChI is InChI=1S/C17H19F3N2OS2.C5H11NO.C4H9NO/c1-16(23,17(18,19)20)13-4-6-14(7-5-13)21-8-10-22(11-9-21)25-15-3-2-12-24-15;1-6-2-4-7-5-3-6;1-4(6)5(2)3/h2-7,12,23H,8-11H2,1H3;2-5H2,1H3;1-3H3. The molecule has 0 bridgehead atoms. The van der Waals surface area contributed by atoms with Crippen LogP contribution in [-0.4, -0.2) is 105 Å². The fourth-order valence-corrected chi connectivity index (χ4v) is 5.14. The zero-order chi connectivity index (χ0) is 28.3. The number of piperazine rings is 1. The number of alkyl halides is 3. The van der Waals surface area contributed by atoms with Gasteiger partial charge in [-0.2, -0.15) is 13.2 Å². The number of thiophene rings is 1. The smallest absolute Gasteiger partial charge is 0.379 e. The summed E-state index contributed by atoms with van der Waals surface area (Å²) in [6.45, 7) is 9.71. The molecule has 38 heavy (non-hydrogen) atoms. The highest BCUT2D eigenvalue weighted by molar-refractivity contribution is 7.98. The summed E-state index contributed by atoms with van der Waals surface area (Å²) in [6, 6.07) is 10.1. The molecule has 1 unspecified atom stereocenters. The van der Waals surface area contributed by atoms with Crippen molar-refractivity contribution in [3.8, 4) is 0 Å². The third kappa shape index (κ3) is 10.4. The molecule has 7 nitrogen and oxygen atoms in total. The largest absolute Gasteiger partial charge is 0.421 e. The molecule has 1 amide bonds. The molecule has 1 aromatic carbocycles. The second-order valence-electron chi connectivity index (χ2n) is 9.39. The number of carbonyl (C=O) groups is 1. The van der Waals surface area contributed by atoms with Gasteiger partial charge in [-0.1, -0.05) is 18.2 Å². The van der Waals surface area contributed by atoms with Crippen LogP contribution in [0.4, 0.5) is 18.9 Å². The van der Waals surface area contributed by atoms with Crippen LogP contribution < -0.4 is 4.90 Å². The van der Waals surface area contributed by atoms with Gasteiger partial charge in [-0.05, 0) is 55.1 Å². The second kappa shape index (κ2) is 15.1. The van der Waals surface area contributed by atoms with Crippen molar-refractivity contribution in [2.24, 2.45) is 0 Å². The molecular formula is C26H39F3N4O3S2. The number of morpholine rings is 1. The Labute approximate surface area is 232 Å². The average molecular weight is 577 g/mol. The molecule has 214 valence electrons. The lowest BCUT2D eigenvalue weighted by Crippen LogP contribution is -2.43. The Kier molecular flexibility index (Phi) is 12.9. The summed E-state index contributed by atoms with van der Waals surface area (Å²) in [7, 11) is 5.56. The van der Waals surface area contributed by atoms with E-state index in [9.17, 15) is 23.1 Å². The minimum absolute atomic E-state index is 0.0926. The number of likely N-dealkylation sites (N-methyl/N-ethyl adjacent to an activating group) is 1. The molecule has 12 heteroatoms. The Bertz CT molecular complexity index is 944. The summed E-state index contributed by atoms with van der Waals surface area (Å²) in [4.78, 5) is 16.0. The number of hydrogen-bond acceptors (Lipinski definition) is 8. The summed E-state index contributed by atoms with van der Waals surface area (Å²) >= 11 is 3.46. The fraction of sp³-hybridized carbons (Fsp3) is 0.577. The van der Waals surface area contributed by atoms with Crippen LogP contribution in [0.2, 0.25) is 0 Å². The molecule has 4 rings (SSSR count). The van der Waals surface area contributed by atoms with Gasteiger partial charge in [0.05, 0.1) is 17.4 Å². The predicted octanol–water partition coefficient (Wildman–Crippen LogP) is 4.39. The highest BCUT2D eigenvalue weighted by Crippen LogP contribution is 2.39. The van der Waals surface area contributed by atoms with Gasteiger partial charge in [-0.3, -0.25) is 4.79 Å².